The minimum absolute atomic E-state index is 0.0296. The van der Waals surface area contributed by atoms with Gasteiger partial charge in [-0.25, -0.2) is 0 Å². The van der Waals surface area contributed by atoms with Crippen LogP contribution in [0.25, 0.3) is 0 Å². The fraction of sp³-hybridized carbons (Fsp3) is 0.318. The molecule has 0 aliphatic heterocycles. The third kappa shape index (κ3) is 6.59. The third-order valence-electron chi connectivity index (χ3n) is 4.63. The average molecular weight is 413 g/mol. The molecule has 0 fully saturated rings. The number of carbonyl (C=O) groups excluding carboxylic acids is 3. The summed E-state index contributed by atoms with van der Waals surface area (Å²) in [4.78, 5) is 37.3. The number of carbonyl (C=O) groups is 3. The van der Waals surface area contributed by atoms with E-state index in [1.54, 1.807) is 55.6 Å². The number of nitrogens with one attached hydrogen (secondary N) is 1. The maximum Gasteiger partial charge on any atom is 0.313 e. The second-order valence-electron chi connectivity index (χ2n) is 6.95. The van der Waals surface area contributed by atoms with Gasteiger partial charge in [0.15, 0.2) is 0 Å². The Morgan fingerprint density at radius 2 is 1.73 bits per heavy atom. The van der Waals surface area contributed by atoms with Gasteiger partial charge in [-0.1, -0.05) is 31.2 Å². The Labute approximate surface area is 175 Å². The lowest BCUT2D eigenvalue weighted by atomic mass is 9.97. The van der Waals surface area contributed by atoms with Crippen LogP contribution in [0.3, 0.4) is 0 Å². The molecule has 0 bridgehead atoms. The van der Waals surface area contributed by atoms with E-state index in [9.17, 15) is 19.5 Å². The van der Waals surface area contributed by atoms with Gasteiger partial charge >= 0.3 is 11.8 Å². The molecule has 8 heteroatoms. The number of rotatable bonds is 9. The molecule has 2 aromatic rings. The lowest BCUT2D eigenvalue weighted by Crippen LogP contribution is -2.40. The number of primary amides is 1. The maximum absolute atomic E-state index is 12.6. The number of anilines is 1. The Morgan fingerprint density at radius 3 is 2.27 bits per heavy atom. The Bertz CT molecular complexity index is 865. The van der Waals surface area contributed by atoms with E-state index in [0.29, 0.717) is 11.4 Å². The van der Waals surface area contributed by atoms with Gasteiger partial charge in [0.25, 0.3) is 0 Å². The molecular formula is C22H27N3O5. The molecular weight excluding hydrogens is 386 g/mol. The van der Waals surface area contributed by atoms with Crippen molar-refractivity contribution in [3.8, 4) is 5.75 Å². The summed E-state index contributed by atoms with van der Waals surface area (Å²) in [5.41, 5.74) is 7.38. The van der Waals surface area contributed by atoms with Gasteiger partial charge in [0.1, 0.15) is 5.75 Å². The molecule has 8 nitrogen and oxygen atoms in total. The summed E-state index contributed by atoms with van der Waals surface area (Å²) in [6.07, 6.45) is 0.228. The van der Waals surface area contributed by atoms with E-state index in [2.05, 4.69) is 5.32 Å². The first-order valence-electron chi connectivity index (χ1n) is 9.56. The number of hydrogen-bond donors (Lipinski definition) is 3. The fourth-order valence-electron chi connectivity index (χ4n) is 2.97. The molecule has 160 valence electrons. The van der Waals surface area contributed by atoms with Gasteiger partial charge in [-0.3, -0.25) is 14.4 Å². The summed E-state index contributed by atoms with van der Waals surface area (Å²) in [6.45, 7) is 1.83. The predicted molar refractivity (Wildman–Crippen MR) is 113 cm³/mol. The van der Waals surface area contributed by atoms with Crippen LogP contribution in [0, 0.1) is 0 Å². The number of aliphatic hydroxyl groups is 1. The summed E-state index contributed by atoms with van der Waals surface area (Å²) in [6, 6.07) is 14.0. The topological polar surface area (TPSA) is 122 Å². The standard InChI is InChI=1S/C22H27N3O5/c1-15(13-20(23)27)17-5-7-18(8-6-17)24-21(28)22(29)25(11-12-26)14-16-3-9-19(30-2)10-4-16/h3-10,15,26H,11-14H2,1-2H3,(H2,23,27)(H,24,28). The molecule has 3 amide bonds. The first-order valence-corrected chi connectivity index (χ1v) is 9.56. The lowest BCUT2D eigenvalue weighted by molar-refractivity contribution is -0.143. The van der Waals surface area contributed by atoms with Crippen LogP contribution in [0.1, 0.15) is 30.4 Å². The van der Waals surface area contributed by atoms with E-state index in [0.717, 1.165) is 11.1 Å². The molecule has 2 aromatic carbocycles. The third-order valence-corrected chi connectivity index (χ3v) is 4.63. The number of methoxy groups -OCH3 is 1. The van der Waals surface area contributed by atoms with Crippen LogP contribution in [0.2, 0.25) is 0 Å². The second-order valence-corrected chi connectivity index (χ2v) is 6.95. The molecule has 0 radical (unpaired) electrons. The Morgan fingerprint density at radius 1 is 1.10 bits per heavy atom. The quantitative estimate of drug-likeness (QED) is 0.540. The second kappa shape index (κ2) is 11.0. The van der Waals surface area contributed by atoms with Crippen LogP contribution in [0.15, 0.2) is 48.5 Å². The highest BCUT2D eigenvalue weighted by Gasteiger charge is 2.22. The van der Waals surface area contributed by atoms with Gasteiger partial charge in [-0.05, 0) is 41.3 Å². The summed E-state index contributed by atoms with van der Waals surface area (Å²) < 4.78 is 5.11. The molecule has 0 saturated heterocycles. The normalized spacial score (nSPS) is 11.4. The van der Waals surface area contributed by atoms with E-state index < -0.39 is 11.8 Å². The molecule has 1 unspecified atom stereocenters. The highest BCUT2D eigenvalue weighted by atomic mass is 16.5. The summed E-state index contributed by atoms with van der Waals surface area (Å²) in [5, 5.41) is 11.9. The van der Waals surface area contributed by atoms with Crippen molar-refractivity contribution in [3.63, 3.8) is 0 Å². The molecule has 0 heterocycles. The van der Waals surface area contributed by atoms with Crippen LogP contribution in [0.5, 0.6) is 5.75 Å². The fourth-order valence-corrected chi connectivity index (χ4v) is 2.97. The van der Waals surface area contributed by atoms with Crippen molar-refractivity contribution >= 4 is 23.4 Å². The van der Waals surface area contributed by atoms with Crippen LogP contribution in [-0.2, 0) is 20.9 Å². The average Bonchev–Trinajstić information content (AvgIpc) is 2.73. The molecule has 0 aromatic heterocycles. The minimum atomic E-state index is -0.796. The maximum atomic E-state index is 12.6. The van der Waals surface area contributed by atoms with Crippen molar-refractivity contribution < 1.29 is 24.2 Å². The molecule has 2 rings (SSSR count). The van der Waals surface area contributed by atoms with E-state index in [4.69, 9.17) is 10.5 Å². The van der Waals surface area contributed by atoms with E-state index >= 15 is 0 Å². The number of nitrogens with zero attached hydrogens (tertiary/aromatic N) is 1. The molecule has 0 aliphatic carbocycles. The number of ether oxygens (including phenoxy) is 1. The molecule has 0 aliphatic rings. The Hall–Kier alpha value is -3.39. The van der Waals surface area contributed by atoms with E-state index in [1.165, 1.54) is 4.90 Å². The molecule has 30 heavy (non-hydrogen) atoms. The number of nitrogens with two attached hydrogens (primary N) is 1. The summed E-state index contributed by atoms with van der Waals surface area (Å²) >= 11 is 0. The number of hydrogen-bond acceptors (Lipinski definition) is 5. The van der Waals surface area contributed by atoms with Crippen molar-refractivity contribution in [2.24, 2.45) is 5.73 Å². The molecule has 4 N–H and O–H groups in total. The lowest BCUT2D eigenvalue weighted by Gasteiger charge is -2.21. The zero-order chi connectivity index (χ0) is 22.1. The van der Waals surface area contributed by atoms with Crippen LogP contribution in [-0.4, -0.2) is 48.0 Å². The van der Waals surface area contributed by atoms with Gasteiger partial charge in [-0.2, -0.15) is 0 Å². The van der Waals surface area contributed by atoms with Gasteiger partial charge in [0, 0.05) is 25.2 Å². The van der Waals surface area contributed by atoms with Gasteiger partial charge < -0.3 is 25.8 Å². The van der Waals surface area contributed by atoms with Crippen LogP contribution in [0.4, 0.5) is 5.69 Å². The Balaban J connectivity index is 2.02. The Kier molecular flexibility index (Phi) is 8.37. The molecule has 0 spiro atoms. The minimum Gasteiger partial charge on any atom is -0.497 e. The summed E-state index contributed by atoms with van der Waals surface area (Å²) in [7, 11) is 1.56. The largest absolute Gasteiger partial charge is 0.497 e. The first-order chi connectivity index (χ1) is 14.3. The van der Waals surface area contributed by atoms with Crippen molar-refractivity contribution in [2.75, 3.05) is 25.6 Å². The predicted octanol–water partition coefficient (Wildman–Crippen LogP) is 1.63. The van der Waals surface area contributed by atoms with Gasteiger partial charge in [0.05, 0.1) is 13.7 Å². The van der Waals surface area contributed by atoms with Gasteiger partial charge in [-0.15, -0.1) is 0 Å². The SMILES string of the molecule is COc1ccc(CN(CCO)C(=O)C(=O)Nc2ccc(C(C)CC(N)=O)cc2)cc1. The van der Waals surface area contributed by atoms with Crippen LogP contribution >= 0.6 is 0 Å². The monoisotopic (exact) mass is 413 g/mol. The van der Waals surface area contributed by atoms with Crippen molar-refractivity contribution in [1.82, 2.24) is 4.90 Å². The van der Waals surface area contributed by atoms with Crippen molar-refractivity contribution in [3.05, 3.63) is 59.7 Å². The summed E-state index contributed by atoms with van der Waals surface area (Å²) in [5.74, 6) is -1.28. The number of benzene rings is 2. The van der Waals surface area contributed by atoms with E-state index in [1.807, 2.05) is 6.92 Å². The van der Waals surface area contributed by atoms with Crippen LogP contribution < -0.4 is 15.8 Å². The number of amides is 3. The number of aliphatic hydroxyl groups excluding tert-OH is 1. The van der Waals surface area contributed by atoms with Crippen molar-refractivity contribution in [1.29, 1.82) is 0 Å². The molecule has 0 saturated carbocycles. The highest BCUT2D eigenvalue weighted by molar-refractivity contribution is 6.39. The zero-order valence-electron chi connectivity index (χ0n) is 17.1. The zero-order valence-corrected chi connectivity index (χ0v) is 17.1. The smallest absolute Gasteiger partial charge is 0.313 e. The van der Waals surface area contributed by atoms with Crippen molar-refractivity contribution in [2.45, 2.75) is 25.8 Å². The van der Waals surface area contributed by atoms with Gasteiger partial charge in [0.2, 0.25) is 5.91 Å². The highest BCUT2D eigenvalue weighted by Crippen LogP contribution is 2.21. The van der Waals surface area contributed by atoms with E-state index in [-0.39, 0.29) is 37.9 Å². The molecule has 1 atom stereocenters. The first kappa shape index (κ1) is 22.9.